The fraction of sp³-hybridized carbons (Fsp3) is 0.370. The minimum atomic E-state index is -0.300. The summed E-state index contributed by atoms with van der Waals surface area (Å²) in [6, 6.07) is 21.0. The fourth-order valence-corrected chi connectivity index (χ4v) is 4.55. The maximum Gasteiger partial charge on any atom is 0.267 e. The van der Waals surface area contributed by atoms with E-state index in [2.05, 4.69) is 45.6 Å². The summed E-state index contributed by atoms with van der Waals surface area (Å²) in [6.45, 7) is 3.70. The second kappa shape index (κ2) is 12.0. The Hall–Kier alpha value is -2.96. The van der Waals surface area contributed by atoms with Crippen LogP contribution < -0.4 is 10.9 Å². The van der Waals surface area contributed by atoms with E-state index in [-0.39, 0.29) is 18.0 Å². The van der Waals surface area contributed by atoms with Crippen LogP contribution >= 0.6 is 11.6 Å². The summed E-state index contributed by atoms with van der Waals surface area (Å²) in [4.78, 5) is 27.0. The molecule has 0 aliphatic carbocycles. The van der Waals surface area contributed by atoms with E-state index < -0.39 is 0 Å². The Morgan fingerprint density at radius 2 is 1.74 bits per heavy atom. The number of halogens is 1. The molecule has 1 aromatic heterocycles. The van der Waals surface area contributed by atoms with E-state index in [1.54, 1.807) is 18.2 Å². The summed E-state index contributed by atoms with van der Waals surface area (Å²) in [5.74, 6) is 0.553. The number of aromatic nitrogens is 2. The Kier molecular flexibility index (Phi) is 8.50. The van der Waals surface area contributed by atoms with Crippen LogP contribution in [-0.4, -0.2) is 46.8 Å². The molecule has 1 aliphatic rings. The van der Waals surface area contributed by atoms with Crippen molar-refractivity contribution in [1.29, 1.82) is 0 Å². The van der Waals surface area contributed by atoms with Gasteiger partial charge in [0.15, 0.2) is 0 Å². The molecule has 3 aromatic rings. The molecule has 1 fully saturated rings. The van der Waals surface area contributed by atoms with Crippen LogP contribution in [0.2, 0.25) is 5.02 Å². The van der Waals surface area contributed by atoms with E-state index in [1.807, 2.05) is 12.1 Å². The standard InChI is InChI=1S/C27H31ClN4O2/c28-24-9-7-23(8-10-24)25-11-12-27(34)32(30-25)20-26(33)29-15-4-16-31-17-13-22(14-18-31)19-21-5-2-1-3-6-21/h1-3,5-12,22H,4,13-20H2,(H,29,33). The van der Waals surface area contributed by atoms with Gasteiger partial charge in [-0.3, -0.25) is 9.59 Å². The number of piperidine rings is 1. The molecule has 1 aliphatic heterocycles. The number of hydrogen-bond acceptors (Lipinski definition) is 4. The molecule has 2 aromatic carbocycles. The number of carbonyl (C=O) groups excluding carboxylic acids is 1. The number of nitrogens with one attached hydrogen (secondary N) is 1. The van der Waals surface area contributed by atoms with E-state index >= 15 is 0 Å². The topological polar surface area (TPSA) is 67.2 Å². The van der Waals surface area contributed by atoms with Crippen molar-refractivity contribution in [2.75, 3.05) is 26.2 Å². The third-order valence-corrected chi connectivity index (χ3v) is 6.60. The summed E-state index contributed by atoms with van der Waals surface area (Å²) < 4.78 is 1.21. The van der Waals surface area contributed by atoms with Crippen LogP contribution in [0.5, 0.6) is 0 Å². The van der Waals surface area contributed by atoms with Crippen LogP contribution in [0.4, 0.5) is 0 Å². The first-order valence-electron chi connectivity index (χ1n) is 11.9. The molecular formula is C27H31ClN4O2. The Morgan fingerprint density at radius 1 is 1.00 bits per heavy atom. The minimum Gasteiger partial charge on any atom is -0.354 e. The number of carbonyl (C=O) groups is 1. The summed E-state index contributed by atoms with van der Waals surface area (Å²) in [5.41, 5.74) is 2.59. The number of rotatable bonds is 9. The van der Waals surface area contributed by atoms with Crippen molar-refractivity contribution < 1.29 is 4.79 Å². The highest BCUT2D eigenvalue weighted by atomic mass is 35.5. The quantitative estimate of drug-likeness (QED) is 0.471. The highest BCUT2D eigenvalue weighted by Crippen LogP contribution is 2.21. The van der Waals surface area contributed by atoms with Gasteiger partial charge >= 0.3 is 0 Å². The summed E-state index contributed by atoms with van der Waals surface area (Å²) in [5, 5.41) is 7.90. The van der Waals surface area contributed by atoms with Gasteiger partial charge in [-0.1, -0.05) is 54.1 Å². The molecule has 0 atom stereocenters. The van der Waals surface area contributed by atoms with Gasteiger partial charge in [-0.05, 0) is 75.0 Å². The molecule has 2 heterocycles. The summed E-state index contributed by atoms with van der Waals surface area (Å²) in [6.07, 6.45) is 4.50. The SMILES string of the molecule is O=C(Cn1nc(-c2ccc(Cl)cc2)ccc1=O)NCCCN1CCC(Cc2ccccc2)CC1. The molecule has 34 heavy (non-hydrogen) atoms. The van der Waals surface area contributed by atoms with E-state index in [4.69, 9.17) is 11.6 Å². The summed E-state index contributed by atoms with van der Waals surface area (Å²) >= 11 is 5.94. The van der Waals surface area contributed by atoms with Gasteiger partial charge in [0.05, 0.1) is 5.69 Å². The normalized spacial score (nSPS) is 14.7. The molecule has 0 radical (unpaired) electrons. The van der Waals surface area contributed by atoms with Crippen molar-refractivity contribution in [3.63, 3.8) is 0 Å². The Balaban J connectivity index is 1.17. The van der Waals surface area contributed by atoms with Crippen molar-refractivity contribution in [3.8, 4) is 11.3 Å². The molecule has 4 rings (SSSR count). The van der Waals surface area contributed by atoms with Gasteiger partial charge in [-0.15, -0.1) is 0 Å². The average molecular weight is 479 g/mol. The predicted octanol–water partition coefficient (Wildman–Crippen LogP) is 4.02. The van der Waals surface area contributed by atoms with Crippen molar-refractivity contribution in [3.05, 3.63) is 87.7 Å². The lowest BCUT2D eigenvalue weighted by atomic mass is 9.90. The number of hydrogen-bond donors (Lipinski definition) is 1. The van der Waals surface area contributed by atoms with E-state index in [0.717, 1.165) is 44.0 Å². The second-order valence-electron chi connectivity index (χ2n) is 8.90. The smallest absolute Gasteiger partial charge is 0.267 e. The molecular weight excluding hydrogens is 448 g/mol. The van der Waals surface area contributed by atoms with E-state index in [9.17, 15) is 9.59 Å². The van der Waals surface area contributed by atoms with Crippen LogP contribution in [0.25, 0.3) is 11.3 Å². The lowest BCUT2D eigenvalue weighted by molar-refractivity contribution is -0.121. The van der Waals surface area contributed by atoms with Gasteiger partial charge in [0.2, 0.25) is 5.91 Å². The lowest BCUT2D eigenvalue weighted by Gasteiger charge is -2.32. The third-order valence-electron chi connectivity index (χ3n) is 6.35. The molecule has 6 nitrogen and oxygen atoms in total. The molecule has 7 heteroatoms. The van der Waals surface area contributed by atoms with Crippen molar-refractivity contribution in [2.45, 2.75) is 32.2 Å². The maximum atomic E-state index is 12.4. The van der Waals surface area contributed by atoms with Crippen molar-refractivity contribution in [2.24, 2.45) is 5.92 Å². The Morgan fingerprint density at radius 3 is 2.47 bits per heavy atom. The van der Waals surface area contributed by atoms with Crippen LogP contribution in [0.3, 0.4) is 0 Å². The van der Waals surface area contributed by atoms with Gasteiger partial charge in [0.25, 0.3) is 5.56 Å². The Labute approximate surface area is 205 Å². The summed E-state index contributed by atoms with van der Waals surface area (Å²) in [7, 11) is 0. The minimum absolute atomic E-state index is 0.0921. The van der Waals surface area contributed by atoms with Crippen LogP contribution in [-0.2, 0) is 17.8 Å². The number of benzene rings is 2. The van der Waals surface area contributed by atoms with E-state index in [1.165, 1.54) is 29.2 Å². The molecule has 0 bridgehead atoms. The molecule has 1 amide bonds. The molecule has 0 spiro atoms. The number of amides is 1. The third kappa shape index (κ3) is 7.02. The zero-order chi connectivity index (χ0) is 23.8. The van der Waals surface area contributed by atoms with Gasteiger partial charge in [-0.2, -0.15) is 5.10 Å². The molecule has 1 N–H and O–H groups in total. The van der Waals surface area contributed by atoms with Gasteiger partial charge in [0.1, 0.15) is 6.54 Å². The largest absolute Gasteiger partial charge is 0.354 e. The van der Waals surface area contributed by atoms with Crippen molar-refractivity contribution in [1.82, 2.24) is 20.0 Å². The zero-order valence-electron chi connectivity index (χ0n) is 19.3. The van der Waals surface area contributed by atoms with Gasteiger partial charge in [0, 0.05) is 23.2 Å². The molecule has 178 valence electrons. The molecule has 0 saturated carbocycles. The maximum absolute atomic E-state index is 12.4. The first kappa shape index (κ1) is 24.2. The number of nitrogens with zero attached hydrogens (tertiary/aromatic N) is 3. The number of likely N-dealkylation sites (tertiary alicyclic amines) is 1. The second-order valence-corrected chi connectivity index (χ2v) is 9.34. The van der Waals surface area contributed by atoms with Crippen molar-refractivity contribution >= 4 is 17.5 Å². The van der Waals surface area contributed by atoms with Crippen LogP contribution in [0.15, 0.2) is 71.5 Å². The highest BCUT2D eigenvalue weighted by Gasteiger charge is 2.19. The highest BCUT2D eigenvalue weighted by molar-refractivity contribution is 6.30. The first-order chi connectivity index (χ1) is 16.6. The Bertz CT molecular complexity index is 1120. The lowest BCUT2D eigenvalue weighted by Crippen LogP contribution is -2.37. The first-order valence-corrected chi connectivity index (χ1v) is 12.3. The van der Waals surface area contributed by atoms with Crippen LogP contribution in [0.1, 0.15) is 24.8 Å². The van der Waals surface area contributed by atoms with Gasteiger partial charge in [-0.25, -0.2) is 4.68 Å². The predicted molar refractivity (Wildman–Crippen MR) is 136 cm³/mol. The fourth-order valence-electron chi connectivity index (χ4n) is 4.42. The van der Waals surface area contributed by atoms with Crippen LogP contribution in [0, 0.1) is 5.92 Å². The molecule has 1 saturated heterocycles. The monoisotopic (exact) mass is 478 g/mol. The molecule has 0 unspecified atom stereocenters. The zero-order valence-corrected chi connectivity index (χ0v) is 20.1. The van der Waals surface area contributed by atoms with Gasteiger partial charge < -0.3 is 10.2 Å². The average Bonchev–Trinajstić information content (AvgIpc) is 2.85. The van der Waals surface area contributed by atoms with E-state index in [0.29, 0.717) is 17.3 Å².